The molecule has 0 heterocycles. The number of rotatable bonds is 3. The van der Waals surface area contributed by atoms with Crippen molar-refractivity contribution < 1.29 is 9.90 Å². The standard InChI is InChI=1S/C16H26O2/c1-11-3-2-6-16(9-11,15(17)18)10-14-8-12-4-5-13(14)7-12/h11-14H,2-10H2,1H3,(H,17,18). The van der Waals surface area contributed by atoms with E-state index in [4.69, 9.17) is 0 Å². The van der Waals surface area contributed by atoms with E-state index >= 15 is 0 Å². The molecule has 2 heteroatoms. The molecule has 0 amide bonds. The third kappa shape index (κ3) is 2.08. The molecule has 0 aromatic heterocycles. The molecule has 0 aromatic carbocycles. The largest absolute Gasteiger partial charge is 0.481 e. The number of hydrogen-bond donors (Lipinski definition) is 1. The maximum Gasteiger partial charge on any atom is 0.309 e. The Labute approximate surface area is 110 Å². The zero-order valence-electron chi connectivity index (χ0n) is 11.5. The lowest BCUT2D eigenvalue weighted by Crippen LogP contribution is -2.38. The van der Waals surface area contributed by atoms with Gasteiger partial charge in [0.15, 0.2) is 0 Å². The molecule has 0 radical (unpaired) electrons. The Hall–Kier alpha value is -0.530. The highest BCUT2D eigenvalue weighted by Crippen LogP contribution is 2.54. The fraction of sp³-hybridized carbons (Fsp3) is 0.938. The van der Waals surface area contributed by atoms with Crippen LogP contribution in [0.4, 0.5) is 0 Å². The van der Waals surface area contributed by atoms with E-state index in [0.29, 0.717) is 5.92 Å². The Bertz CT molecular complexity index is 338. The fourth-order valence-corrected chi connectivity index (χ4v) is 5.26. The highest BCUT2D eigenvalue weighted by molar-refractivity contribution is 5.74. The number of carbonyl (C=O) groups is 1. The summed E-state index contributed by atoms with van der Waals surface area (Å²) in [5, 5.41) is 9.74. The van der Waals surface area contributed by atoms with Crippen LogP contribution >= 0.6 is 0 Å². The Morgan fingerprint density at radius 3 is 2.67 bits per heavy atom. The van der Waals surface area contributed by atoms with Crippen molar-refractivity contribution in [3.8, 4) is 0 Å². The summed E-state index contributed by atoms with van der Waals surface area (Å²) < 4.78 is 0. The molecule has 0 aromatic rings. The lowest BCUT2D eigenvalue weighted by Gasteiger charge is -2.39. The molecule has 3 fully saturated rings. The highest BCUT2D eigenvalue weighted by atomic mass is 16.4. The van der Waals surface area contributed by atoms with Crippen molar-refractivity contribution in [2.24, 2.45) is 29.1 Å². The van der Waals surface area contributed by atoms with Crippen molar-refractivity contribution in [2.75, 3.05) is 0 Å². The molecule has 1 N–H and O–H groups in total. The molecule has 0 saturated heterocycles. The number of fused-ring (bicyclic) bond motifs is 2. The van der Waals surface area contributed by atoms with E-state index in [1.165, 1.54) is 32.1 Å². The van der Waals surface area contributed by atoms with Crippen molar-refractivity contribution in [3.05, 3.63) is 0 Å². The SMILES string of the molecule is CC1CCCC(CC2CC3CCC2C3)(C(=O)O)C1. The minimum Gasteiger partial charge on any atom is -0.481 e. The molecule has 3 saturated carbocycles. The molecule has 5 atom stereocenters. The van der Waals surface area contributed by atoms with Gasteiger partial charge in [0.25, 0.3) is 0 Å². The van der Waals surface area contributed by atoms with Gasteiger partial charge in [0, 0.05) is 0 Å². The van der Waals surface area contributed by atoms with Gasteiger partial charge in [-0.1, -0.05) is 26.2 Å². The molecule has 3 aliphatic rings. The summed E-state index contributed by atoms with van der Waals surface area (Å²) in [4.78, 5) is 11.8. The molecular formula is C16H26O2. The molecule has 18 heavy (non-hydrogen) atoms. The first kappa shape index (κ1) is 12.5. The number of carboxylic acid groups (broad SMARTS) is 1. The number of hydrogen-bond acceptors (Lipinski definition) is 1. The number of carboxylic acids is 1. The fourth-order valence-electron chi connectivity index (χ4n) is 5.26. The quantitative estimate of drug-likeness (QED) is 0.819. The smallest absolute Gasteiger partial charge is 0.309 e. The molecule has 3 aliphatic carbocycles. The van der Waals surface area contributed by atoms with Crippen LogP contribution in [0.1, 0.15) is 64.7 Å². The Morgan fingerprint density at radius 2 is 2.11 bits per heavy atom. The Morgan fingerprint density at radius 1 is 1.28 bits per heavy atom. The Balaban J connectivity index is 1.72. The first-order valence-electron chi connectivity index (χ1n) is 7.82. The summed E-state index contributed by atoms with van der Waals surface area (Å²) >= 11 is 0. The van der Waals surface area contributed by atoms with Gasteiger partial charge in [0.1, 0.15) is 0 Å². The van der Waals surface area contributed by atoms with Gasteiger partial charge in [-0.25, -0.2) is 0 Å². The topological polar surface area (TPSA) is 37.3 Å². The molecule has 5 unspecified atom stereocenters. The maximum absolute atomic E-state index is 11.8. The molecule has 0 spiro atoms. The normalized spacial score (nSPS) is 47.4. The van der Waals surface area contributed by atoms with E-state index in [9.17, 15) is 9.90 Å². The molecule has 0 aliphatic heterocycles. The minimum absolute atomic E-state index is 0.368. The van der Waals surface area contributed by atoms with Gasteiger partial charge < -0.3 is 5.11 Å². The third-order valence-electron chi connectivity index (χ3n) is 6.08. The maximum atomic E-state index is 11.8. The van der Waals surface area contributed by atoms with Crippen LogP contribution in [-0.4, -0.2) is 11.1 Å². The third-order valence-corrected chi connectivity index (χ3v) is 6.08. The van der Waals surface area contributed by atoms with Gasteiger partial charge in [0.05, 0.1) is 5.41 Å². The zero-order valence-corrected chi connectivity index (χ0v) is 11.5. The van der Waals surface area contributed by atoms with E-state index in [2.05, 4.69) is 6.92 Å². The average molecular weight is 250 g/mol. The lowest BCUT2D eigenvalue weighted by molar-refractivity contribution is -0.154. The van der Waals surface area contributed by atoms with Gasteiger partial charge in [-0.3, -0.25) is 4.79 Å². The van der Waals surface area contributed by atoms with Crippen LogP contribution in [0.15, 0.2) is 0 Å². The van der Waals surface area contributed by atoms with Crippen molar-refractivity contribution in [3.63, 3.8) is 0 Å². The predicted molar refractivity (Wildman–Crippen MR) is 71.3 cm³/mol. The lowest BCUT2D eigenvalue weighted by atomic mass is 9.64. The van der Waals surface area contributed by atoms with E-state index in [0.717, 1.165) is 43.4 Å². The van der Waals surface area contributed by atoms with Crippen LogP contribution in [0.25, 0.3) is 0 Å². The summed E-state index contributed by atoms with van der Waals surface area (Å²) in [5.74, 6) is 2.63. The van der Waals surface area contributed by atoms with Crippen molar-refractivity contribution >= 4 is 5.97 Å². The average Bonchev–Trinajstić information content (AvgIpc) is 2.90. The Kier molecular flexibility index (Phi) is 3.15. The first-order chi connectivity index (χ1) is 8.59. The van der Waals surface area contributed by atoms with Crippen LogP contribution in [-0.2, 0) is 4.79 Å². The summed E-state index contributed by atoms with van der Waals surface area (Å²) in [6.07, 6.45) is 10.7. The van der Waals surface area contributed by atoms with E-state index < -0.39 is 5.97 Å². The summed E-state index contributed by atoms with van der Waals surface area (Å²) in [6.45, 7) is 2.23. The van der Waals surface area contributed by atoms with Crippen molar-refractivity contribution in [1.82, 2.24) is 0 Å². The summed E-state index contributed by atoms with van der Waals surface area (Å²) in [5.41, 5.74) is -0.368. The predicted octanol–water partition coefficient (Wildman–Crippen LogP) is 4.09. The monoisotopic (exact) mass is 250 g/mol. The highest BCUT2D eigenvalue weighted by Gasteiger charge is 2.48. The summed E-state index contributed by atoms with van der Waals surface area (Å²) in [6, 6.07) is 0. The second-order valence-corrected chi connectivity index (χ2v) is 7.43. The van der Waals surface area contributed by atoms with Crippen LogP contribution < -0.4 is 0 Å². The zero-order chi connectivity index (χ0) is 12.8. The van der Waals surface area contributed by atoms with Crippen molar-refractivity contribution in [2.45, 2.75) is 64.7 Å². The molecule has 2 bridgehead atoms. The minimum atomic E-state index is -0.503. The van der Waals surface area contributed by atoms with E-state index in [1.54, 1.807) is 0 Å². The van der Waals surface area contributed by atoms with E-state index in [1.807, 2.05) is 0 Å². The van der Waals surface area contributed by atoms with Gasteiger partial charge in [0.2, 0.25) is 0 Å². The second-order valence-electron chi connectivity index (χ2n) is 7.43. The van der Waals surface area contributed by atoms with Gasteiger partial charge in [-0.05, 0) is 62.2 Å². The van der Waals surface area contributed by atoms with Crippen LogP contribution in [0, 0.1) is 29.1 Å². The molecule has 2 nitrogen and oxygen atoms in total. The van der Waals surface area contributed by atoms with Crippen LogP contribution in [0.2, 0.25) is 0 Å². The first-order valence-corrected chi connectivity index (χ1v) is 7.82. The van der Waals surface area contributed by atoms with Gasteiger partial charge in [-0.2, -0.15) is 0 Å². The van der Waals surface area contributed by atoms with Gasteiger partial charge in [-0.15, -0.1) is 0 Å². The second kappa shape index (κ2) is 4.54. The van der Waals surface area contributed by atoms with E-state index in [-0.39, 0.29) is 5.41 Å². The number of aliphatic carboxylic acids is 1. The van der Waals surface area contributed by atoms with Crippen LogP contribution in [0.3, 0.4) is 0 Å². The van der Waals surface area contributed by atoms with Crippen LogP contribution in [0.5, 0.6) is 0 Å². The molecular weight excluding hydrogens is 224 g/mol. The van der Waals surface area contributed by atoms with Crippen molar-refractivity contribution in [1.29, 1.82) is 0 Å². The molecule has 102 valence electrons. The summed E-state index contributed by atoms with van der Waals surface area (Å²) in [7, 11) is 0. The van der Waals surface area contributed by atoms with Gasteiger partial charge >= 0.3 is 5.97 Å². The molecule has 3 rings (SSSR count).